The number of aryl methyl sites for hydroxylation is 2. The van der Waals surface area contributed by atoms with E-state index in [0.717, 1.165) is 27.0 Å². The van der Waals surface area contributed by atoms with Crippen molar-refractivity contribution in [1.29, 1.82) is 0 Å². The molecule has 3 N–H and O–H groups in total. The molecule has 0 radical (unpaired) electrons. The second-order valence-corrected chi connectivity index (χ2v) is 6.45. The van der Waals surface area contributed by atoms with Crippen molar-refractivity contribution in [2.24, 2.45) is 0 Å². The van der Waals surface area contributed by atoms with Crippen LogP contribution in [0.15, 0.2) is 46.9 Å². The van der Waals surface area contributed by atoms with Crippen molar-refractivity contribution in [2.75, 3.05) is 17.2 Å². The van der Waals surface area contributed by atoms with Gasteiger partial charge in [0.25, 0.3) is 0 Å². The molecule has 2 rings (SSSR count). The minimum absolute atomic E-state index is 0.104. The van der Waals surface area contributed by atoms with Crippen molar-refractivity contribution in [1.82, 2.24) is 5.32 Å². The van der Waals surface area contributed by atoms with Crippen molar-refractivity contribution >= 4 is 50.5 Å². The van der Waals surface area contributed by atoms with Gasteiger partial charge in [0, 0.05) is 15.8 Å². The molecule has 0 fully saturated rings. The second-order valence-electron chi connectivity index (χ2n) is 5.13. The van der Waals surface area contributed by atoms with Gasteiger partial charge in [-0.15, -0.1) is 0 Å². The Morgan fingerprint density at radius 1 is 1.04 bits per heavy atom. The average molecular weight is 392 g/mol. The molecule has 0 aliphatic carbocycles. The van der Waals surface area contributed by atoms with Crippen LogP contribution in [0.5, 0.6) is 0 Å². The van der Waals surface area contributed by atoms with Gasteiger partial charge >= 0.3 is 0 Å². The molecule has 2 aromatic rings. The first-order valence-corrected chi connectivity index (χ1v) is 8.32. The van der Waals surface area contributed by atoms with Crippen molar-refractivity contribution < 1.29 is 4.79 Å². The van der Waals surface area contributed by atoms with E-state index in [9.17, 15) is 4.79 Å². The number of carbonyl (C=O) groups excluding carboxylic acids is 1. The van der Waals surface area contributed by atoms with E-state index >= 15 is 0 Å². The molecular formula is C17H18BrN3OS. The maximum atomic E-state index is 12.0. The SMILES string of the molecule is Cc1cc(Br)ccc1NC(=O)CNC(=S)Nc1ccccc1C. The molecular weight excluding hydrogens is 374 g/mol. The van der Waals surface area contributed by atoms with Gasteiger partial charge in [0.05, 0.1) is 6.54 Å². The van der Waals surface area contributed by atoms with Gasteiger partial charge in [-0.25, -0.2) is 0 Å². The van der Waals surface area contributed by atoms with Crippen molar-refractivity contribution in [3.63, 3.8) is 0 Å². The van der Waals surface area contributed by atoms with E-state index in [4.69, 9.17) is 12.2 Å². The number of thiocarbonyl (C=S) groups is 1. The molecule has 120 valence electrons. The lowest BCUT2D eigenvalue weighted by Gasteiger charge is -2.13. The Morgan fingerprint density at radius 2 is 1.74 bits per heavy atom. The molecule has 0 spiro atoms. The number of amides is 1. The molecule has 23 heavy (non-hydrogen) atoms. The number of nitrogens with one attached hydrogen (secondary N) is 3. The molecule has 1 amide bonds. The van der Waals surface area contributed by atoms with Gasteiger partial charge in [-0.3, -0.25) is 4.79 Å². The summed E-state index contributed by atoms with van der Waals surface area (Å²) in [5, 5.41) is 9.27. The highest BCUT2D eigenvalue weighted by Crippen LogP contribution is 2.19. The zero-order valence-corrected chi connectivity index (χ0v) is 15.3. The first-order valence-electron chi connectivity index (χ1n) is 7.12. The van der Waals surface area contributed by atoms with Gasteiger partial charge in [0.2, 0.25) is 5.91 Å². The highest BCUT2D eigenvalue weighted by molar-refractivity contribution is 9.10. The number of hydrogen-bond donors (Lipinski definition) is 3. The van der Waals surface area contributed by atoms with Gasteiger partial charge in [-0.1, -0.05) is 34.1 Å². The fraction of sp³-hybridized carbons (Fsp3) is 0.176. The smallest absolute Gasteiger partial charge is 0.243 e. The second kappa shape index (κ2) is 8.08. The lowest BCUT2D eigenvalue weighted by Crippen LogP contribution is -2.35. The van der Waals surface area contributed by atoms with Crippen molar-refractivity contribution in [3.05, 3.63) is 58.1 Å². The standard InChI is InChI=1S/C17H18BrN3OS/c1-11-5-3-4-6-14(11)21-17(23)19-10-16(22)20-15-8-7-13(18)9-12(15)2/h3-9H,10H2,1-2H3,(H,20,22)(H2,19,21,23). The van der Waals surface area contributed by atoms with Crippen molar-refractivity contribution in [2.45, 2.75) is 13.8 Å². The number of para-hydroxylation sites is 1. The summed E-state index contributed by atoms with van der Waals surface area (Å²) in [6, 6.07) is 13.5. The summed E-state index contributed by atoms with van der Waals surface area (Å²) in [7, 11) is 0. The zero-order chi connectivity index (χ0) is 16.8. The average Bonchev–Trinajstić information content (AvgIpc) is 2.50. The van der Waals surface area contributed by atoms with E-state index in [-0.39, 0.29) is 12.5 Å². The Labute approximate surface area is 149 Å². The van der Waals surface area contributed by atoms with Crippen LogP contribution in [-0.2, 0) is 4.79 Å². The molecule has 4 nitrogen and oxygen atoms in total. The number of carbonyl (C=O) groups is 1. The van der Waals surface area contributed by atoms with Crippen LogP contribution in [0.25, 0.3) is 0 Å². The van der Waals surface area contributed by atoms with Crippen LogP contribution in [0.3, 0.4) is 0 Å². The number of anilines is 2. The predicted molar refractivity (Wildman–Crippen MR) is 103 cm³/mol. The molecule has 2 aromatic carbocycles. The number of rotatable bonds is 4. The van der Waals surface area contributed by atoms with Crippen LogP contribution in [0, 0.1) is 13.8 Å². The van der Waals surface area contributed by atoms with Gasteiger partial charge < -0.3 is 16.0 Å². The molecule has 0 saturated carbocycles. The third-order valence-corrected chi connectivity index (χ3v) is 4.00. The Morgan fingerprint density at radius 3 is 2.43 bits per heavy atom. The topological polar surface area (TPSA) is 53.2 Å². The first kappa shape index (κ1) is 17.4. The minimum Gasteiger partial charge on any atom is -0.353 e. The van der Waals surface area contributed by atoms with Gasteiger partial charge in [-0.05, 0) is 61.5 Å². The number of benzene rings is 2. The molecule has 0 atom stereocenters. The molecule has 0 aliphatic heterocycles. The Hall–Kier alpha value is -1.92. The lowest BCUT2D eigenvalue weighted by molar-refractivity contribution is -0.115. The molecule has 0 heterocycles. The lowest BCUT2D eigenvalue weighted by atomic mass is 10.2. The highest BCUT2D eigenvalue weighted by atomic mass is 79.9. The first-order chi connectivity index (χ1) is 11.0. The van der Waals surface area contributed by atoms with Crippen LogP contribution in [0.1, 0.15) is 11.1 Å². The number of halogens is 1. The summed E-state index contributed by atoms with van der Waals surface area (Å²) >= 11 is 8.61. The third kappa shape index (κ3) is 5.33. The van der Waals surface area contributed by atoms with Crippen LogP contribution < -0.4 is 16.0 Å². The maximum Gasteiger partial charge on any atom is 0.243 e. The largest absolute Gasteiger partial charge is 0.353 e. The normalized spacial score (nSPS) is 10.0. The fourth-order valence-electron chi connectivity index (χ4n) is 2.00. The summed E-state index contributed by atoms with van der Waals surface area (Å²) in [6.07, 6.45) is 0. The fourth-order valence-corrected chi connectivity index (χ4v) is 2.66. The zero-order valence-electron chi connectivity index (χ0n) is 12.9. The monoisotopic (exact) mass is 391 g/mol. The quantitative estimate of drug-likeness (QED) is 0.689. The third-order valence-electron chi connectivity index (χ3n) is 3.27. The Balaban J connectivity index is 1.84. The van der Waals surface area contributed by atoms with Crippen molar-refractivity contribution in [3.8, 4) is 0 Å². The maximum absolute atomic E-state index is 12.0. The minimum atomic E-state index is -0.149. The number of hydrogen-bond acceptors (Lipinski definition) is 2. The van der Waals surface area contributed by atoms with Gasteiger partial charge in [-0.2, -0.15) is 0 Å². The predicted octanol–water partition coefficient (Wildman–Crippen LogP) is 3.99. The van der Waals surface area contributed by atoms with E-state index in [0.29, 0.717) is 5.11 Å². The van der Waals surface area contributed by atoms with E-state index in [1.54, 1.807) is 0 Å². The summed E-state index contributed by atoms with van der Waals surface area (Å²) < 4.78 is 0.981. The molecule has 6 heteroatoms. The molecule has 0 bridgehead atoms. The van der Waals surface area contributed by atoms with Crippen LogP contribution in [0.4, 0.5) is 11.4 Å². The van der Waals surface area contributed by atoms with Gasteiger partial charge in [0.15, 0.2) is 5.11 Å². The highest BCUT2D eigenvalue weighted by Gasteiger charge is 2.06. The summed E-state index contributed by atoms with van der Waals surface area (Å²) in [5.41, 5.74) is 3.80. The van der Waals surface area contributed by atoms with E-state index < -0.39 is 0 Å². The van der Waals surface area contributed by atoms with Gasteiger partial charge in [0.1, 0.15) is 0 Å². The summed E-state index contributed by atoms with van der Waals surface area (Å²) in [6.45, 7) is 4.04. The molecule has 0 saturated heterocycles. The molecule has 0 unspecified atom stereocenters. The molecule has 0 aliphatic rings. The van der Waals surface area contributed by atoms with Crippen LogP contribution in [-0.4, -0.2) is 17.6 Å². The molecule has 0 aromatic heterocycles. The van der Waals surface area contributed by atoms with E-state index in [1.165, 1.54) is 0 Å². The van der Waals surface area contributed by atoms with Crippen LogP contribution >= 0.6 is 28.1 Å². The summed E-state index contributed by atoms with van der Waals surface area (Å²) in [4.78, 5) is 12.0. The van der Waals surface area contributed by atoms with Crippen LogP contribution in [0.2, 0.25) is 0 Å². The summed E-state index contributed by atoms with van der Waals surface area (Å²) in [5.74, 6) is -0.149. The Bertz CT molecular complexity index is 734. The van der Waals surface area contributed by atoms with E-state index in [2.05, 4.69) is 31.9 Å². The van der Waals surface area contributed by atoms with E-state index in [1.807, 2.05) is 56.3 Å². The Kier molecular flexibility index (Phi) is 6.12.